The van der Waals surface area contributed by atoms with Crippen molar-refractivity contribution in [2.45, 2.75) is 0 Å². The summed E-state index contributed by atoms with van der Waals surface area (Å²) in [7, 11) is 1.39. The first kappa shape index (κ1) is 12.8. The number of ketones is 1. The predicted molar refractivity (Wildman–Crippen MR) is 78.2 cm³/mol. The summed E-state index contributed by atoms with van der Waals surface area (Å²) in [6.07, 6.45) is 0. The molecule has 3 aromatic rings. The van der Waals surface area contributed by atoms with E-state index in [1.54, 1.807) is 6.07 Å². The van der Waals surface area contributed by atoms with Gasteiger partial charge in [0.2, 0.25) is 5.78 Å². The maximum atomic E-state index is 13.7. The summed E-state index contributed by atoms with van der Waals surface area (Å²) in [4.78, 5) is 13.0. The molecule has 20 heavy (non-hydrogen) atoms. The van der Waals surface area contributed by atoms with Crippen LogP contribution >= 0.6 is 11.3 Å². The van der Waals surface area contributed by atoms with Crippen LogP contribution in [-0.4, -0.2) is 12.9 Å². The van der Waals surface area contributed by atoms with Gasteiger partial charge < -0.3 is 4.74 Å². The number of benzene rings is 2. The van der Waals surface area contributed by atoms with Crippen molar-refractivity contribution < 1.29 is 13.9 Å². The standard InChI is InChI=1S/C16H11FO2S/c1-19-13-7-6-11(8-12(13)17)16(18)15-9-10-4-2-3-5-14(10)20-15/h2-9H,1H3. The summed E-state index contributed by atoms with van der Waals surface area (Å²) >= 11 is 1.41. The van der Waals surface area contributed by atoms with Gasteiger partial charge in [0, 0.05) is 10.3 Å². The first-order valence-corrected chi connectivity index (χ1v) is 6.87. The van der Waals surface area contributed by atoms with Crippen LogP contribution in [0, 0.1) is 5.82 Å². The summed E-state index contributed by atoms with van der Waals surface area (Å²) in [6.45, 7) is 0. The molecule has 0 bridgehead atoms. The Morgan fingerprint density at radius 3 is 2.65 bits per heavy atom. The number of carbonyl (C=O) groups excluding carboxylic acids is 1. The maximum Gasteiger partial charge on any atom is 0.203 e. The van der Waals surface area contributed by atoms with Gasteiger partial charge in [0.05, 0.1) is 12.0 Å². The Labute approximate surface area is 119 Å². The van der Waals surface area contributed by atoms with Crippen molar-refractivity contribution >= 4 is 27.2 Å². The van der Waals surface area contributed by atoms with Gasteiger partial charge in [-0.2, -0.15) is 0 Å². The number of methoxy groups -OCH3 is 1. The Morgan fingerprint density at radius 1 is 1.15 bits per heavy atom. The Morgan fingerprint density at radius 2 is 1.95 bits per heavy atom. The lowest BCUT2D eigenvalue weighted by atomic mass is 10.1. The largest absolute Gasteiger partial charge is 0.494 e. The van der Waals surface area contributed by atoms with Gasteiger partial charge >= 0.3 is 0 Å². The quantitative estimate of drug-likeness (QED) is 0.672. The van der Waals surface area contributed by atoms with E-state index in [1.807, 2.05) is 30.3 Å². The predicted octanol–water partition coefficient (Wildman–Crippen LogP) is 4.28. The minimum Gasteiger partial charge on any atom is -0.494 e. The van der Waals surface area contributed by atoms with Gasteiger partial charge in [-0.25, -0.2) is 4.39 Å². The summed E-state index contributed by atoms with van der Waals surface area (Å²) in [5.41, 5.74) is 0.329. The summed E-state index contributed by atoms with van der Waals surface area (Å²) in [5.74, 6) is -0.565. The minimum atomic E-state index is -0.528. The molecular weight excluding hydrogens is 275 g/mol. The topological polar surface area (TPSA) is 26.3 Å². The molecule has 100 valence electrons. The lowest BCUT2D eigenvalue weighted by Gasteiger charge is -2.03. The second kappa shape index (κ2) is 5.06. The normalized spacial score (nSPS) is 10.7. The van der Waals surface area contributed by atoms with E-state index in [0.29, 0.717) is 10.4 Å². The first-order valence-electron chi connectivity index (χ1n) is 6.06. The number of carbonyl (C=O) groups is 1. The van der Waals surface area contributed by atoms with Crippen LogP contribution in [0.3, 0.4) is 0 Å². The van der Waals surface area contributed by atoms with E-state index >= 15 is 0 Å². The Bertz CT molecular complexity index is 759. The van der Waals surface area contributed by atoms with E-state index in [9.17, 15) is 9.18 Å². The SMILES string of the molecule is COc1ccc(C(=O)c2cc3ccccc3s2)cc1F. The highest BCUT2D eigenvalue weighted by Gasteiger charge is 2.14. The smallest absolute Gasteiger partial charge is 0.203 e. The number of fused-ring (bicyclic) bond motifs is 1. The van der Waals surface area contributed by atoms with Crippen LogP contribution in [0.5, 0.6) is 5.75 Å². The number of thiophene rings is 1. The Hall–Kier alpha value is -2.20. The molecule has 0 N–H and O–H groups in total. The van der Waals surface area contributed by atoms with Crippen molar-refractivity contribution in [3.8, 4) is 5.75 Å². The summed E-state index contributed by atoms with van der Waals surface area (Å²) < 4.78 is 19.6. The van der Waals surface area contributed by atoms with Crippen LogP contribution in [0.25, 0.3) is 10.1 Å². The molecule has 2 aromatic carbocycles. The van der Waals surface area contributed by atoms with Crippen molar-refractivity contribution in [3.05, 3.63) is 64.8 Å². The van der Waals surface area contributed by atoms with Crippen LogP contribution in [0.2, 0.25) is 0 Å². The zero-order valence-electron chi connectivity index (χ0n) is 10.7. The van der Waals surface area contributed by atoms with Gasteiger partial charge in [0.1, 0.15) is 0 Å². The third-order valence-corrected chi connectivity index (χ3v) is 4.18. The Kier molecular flexibility index (Phi) is 3.24. The van der Waals surface area contributed by atoms with Crippen molar-refractivity contribution in [1.29, 1.82) is 0 Å². The molecule has 0 fully saturated rings. The van der Waals surface area contributed by atoms with Crippen molar-refractivity contribution in [2.24, 2.45) is 0 Å². The number of hydrogen-bond acceptors (Lipinski definition) is 3. The maximum absolute atomic E-state index is 13.7. The average molecular weight is 286 g/mol. The fourth-order valence-electron chi connectivity index (χ4n) is 2.04. The van der Waals surface area contributed by atoms with E-state index in [4.69, 9.17) is 4.74 Å². The summed E-state index contributed by atoms with van der Waals surface area (Å²) in [5, 5.41) is 1.02. The second-order valence-electron chi connectivity index (χ2n) is 4.33. The van der Waals surface area contributed by atoms with E-state index < -0.39 is 5.82 Å². The molecule has 0 aliphatic rings. The lowest BCUT2D eigenvalue weighted by molar-refractivity contribution is 0.104. The molecular formula is C16H11FO2S. The van der Waals surface area contributed by atoms with Crippen molar-refractivity contribution in [1.82, 2.24) is 0 Å². The molecule has 0 aliphatic heterocycles. The highest BCUT2D eigenvalue weighted by atomic mass is 32.1. The number of halogens is 1. The van der Waals surface area contributed by atoms with Crippen molar-refractivity contribution in [3.63, 3.8) is 0 Å². The molecule has 0 radical (unpaired) electrons. The minimum absolute atomic E-state index is 0.137. The van der Waals surface area contributed by atoms with Crippen LogP contribution in [0.1, 0.15) is 15.2 Å². The van der Waals surface area contributed by atoms with Crippen LogP contribution in [0.15, 0.2) is 48.5 Å². The molecule has 1 aromatic heterocycles. The van der Waals surface area contributed by atoms with Crippen LogP contribution < -0.4 is 4.74 Å². The molecule has 0 atom stereocenters. The van der Waals surface area contributed by atoms with Gasteiger partial charge in [-0.3, -0.25) is 4.79 Å². The van der Waals surface area contributed by atoms with E-state index in [0.717, 1.165) is 10.1 Å². The molecule has 0 aliphatic carbocycles. The molecule has 3 rings (SSSR count). The zero-order valence-corrected chi connectivity index (χ0v) is 11.5. The van der Waals surface area contributed by atoms with Crippen LogP contribution in [0.4, 0.5) is 4.39 Å². The summed E-state index contributed by atoms with van der Waals surface area (Å²) in [6, 6.07) is 13.9. The Balaban J connectivity index is 2.01. The molecule has 0 spiro atoms. The molecule has 1 heterocycles. The third kappa shape index (κ3) is 2.18. The van der Waals surface area contributed by atoms with E-state index in [2.05, 4.69) is 0 Å². The van der Waals surface area contributed by atoms with Gasteiger partial charge in [0.25, 0.3) is 0 Å². The highest BCUT2D eigenvalue weighted by Crippen LogP contribution is 2.28. The number of rotatable bonds is 3. The van der Waals surface area contributed by atoms with E-state index in [1.165, 1.54) is 30.6 Å². The first-order chi connectivity index (χ1) is 9.69. The number of hydrogen-bond donors (Lipinski definition) is 0. The van der Waals surface area contributed by atoms with E-state index in [-0.39, 0.29) is 11.5 Å². The van der Waals surface area contributed by atoms with Gasteiger partial charge in [-0.1, -0.05) is 18.2 Å². The molecule has 0 unspecified atom stereocenters. The van der Waals surface area contributed by atoms with Gasteiger partial charge in [-0.05, 0) is 35.7 Å². The van der Waals surface area contributed by atoms with Gasteiger partial charge in [0.15, 0.2) is 11.6 Å². The number of ether oxygens (including phenoxy) is 1. The second-order valence-corrected chi connectivity index (χ2v) is 5.41. The van der Waals surface area contributed by atoms with Crippen LogP contribution in [-0.2, 0) is 0 Å². The van der Waals surface area contributed by atoms with Gasteiger partial charge in [-0.15, -0.1) is 11.3 Å². The molecule has 4 heteroatoms. The highest BCUT2D eigenvalue weighted by molar-refractivity contribution is 7.21. The lowest BCUT2D eigenvalue weighted by Crippen LogP contribution is -2.00. The molecule has 0 saturated carbocycles. The fraction of sp³-hybridized carbons (Fsp3) is 0.0625. The molecule has 2 nitrogen and oxygen atoms in total. The fourth-order valence-corrected chi connectivity index (χ4v) is 3.07. The van der Waals surface area contributed by atoms with Crippen molar-refractivity contribution in [2.75, 3.05) is 7.11 Å². The monoisotopic (exact) mass is 286 g/mol. The third-order valence-electron chi connectivity index (χ3n) is 3.06. The molecule has 0 saturated heterocycles. The zero-order chi connectivity index (χ0) is 14.1. The molecule has 0 amide bonds. The average Bonchev–Trinajstić information content (AvgIpc) is 2.90.